The van der Waals surface area contributed by atoms with Crippen LogP contribution in [0.4, 0.5) is 13.2 Å². The van der Waals surface area contributed by atoms with Crippen molar-refractivity contribution in [3.8, 4) is 10.6 Å². The molecule has 2 saturated heterocycles. The molecule has 2 fully saturated rings. The van der Waals surface area contributed by atoms with E-state index in [0.29, 0.717) is 19.4 Å². The van der Waals surface area contributed by atoms with Crippen molar-refractivity contribution >= 4 is 17.2 Å². The minimum Gasteiger partial charge on any atom is -0.373 e. The van der Waals surface area contributed by atoms with Crippen molar-refractivity contribution < 1.29 is 22.7 Å². The van der Waals surface area contributed by atoms with Gasteiger partial charge in [-0.05, 0) is 25.0 Å². The molecule has 3 heterocycles. The number of carbonyl (C=O) groups excluding carboxylic acids is 1. The van der Waals surface area contributed by atoms with Gasteiger partial charge in [0.05, 0.1) is 30.4 Å². The van der Waals surface area contributed by atoms with E-state index in [-0.39, 0.29) is 41.1 Å². The summed E-state index contributed by atoms with van der Waals surface area (Å²) >= 11 is 0.986. The second-order valence-electron chi connectivity index (χ2n) is 7.39. The molecule has 4 rings (SSSR count). The number of ether oxygens (including phenoxy) is 1. The Balaban J connectivity index is 1.44. The van der Waals surface area contributed by atoms with Crippen LogP contribution in [0.15, 0.2) is 23.6 Å². The van der Waals surface area contributed by atoms with Crippen molar-refractivity contribution in [1.82, 2.24) is 21.2 Å². The SMILES string of the molecule is N[C@@H]1CC[C@@H](C2NNCC2NC(=O)c2csc(-c3c(F)cccc3F)n2)OC[C@H]1F. The van der Waals surface area contributed by atoms with Gasteiger partial charge >= 0.3 is 0 Å². The average Bonchev–Trinajstić information content (AvgIpc) is 3.34. The molecule has 2 aromatic rings. The fourth-order valence-electron chi connectivity index (χ4n) is 3.69. The van der Waals surface area contributed by atoms with Crippen molar-refractivity contribution in [2.75, 3.05) is 13.2 Å². The Kier molecular flexibility index (Phi) is 6.34. The first-order valence-electron chi connectivity index (χ1n) is 9.64. The summed E-state index contributed by atoms with van der Waals surface area (Å²) in [6.45, 7) is 0.342. The van der Waals surface area contributed by atoms with Gasteiger partial charge in [-0.3, -0.25) is 10.2 Å². The molecule has 11 heteroatoms. The number of aromatic nitrogens is 1. The number of halogens is 3. The highest BCUT2D eigenvalue weighted by atomic mass is 32.1. The summed E-state index contributed by atoms with van der Waals surface area (Å²) in [5.74, 6) is -1.95. The lowest BCUT2D eigenvalue weighted by Crippen LogP contribution is -2.51. The Bertz CT molecular complexity index is 882. The quantitative estimate of drug-likeness (QED) is 0.574. The first-order valence-corrected chi connectivity index (χ1v) is 10.5. The van der Waals surface area contributed by atoms with Crippen LogP contribution in [0.25, 0.3) is 10.6 Å². The molecular formula is C19H22F3N5O2S. The number of carbonyl (C=O) groups is 1. The number of hydrogen-bond acceptors (Lipinski definition) is 7. The Hall–Kier alpha value is -2.05. The molecule has 1 aromatic heterocycles. The maximum Gasteiger partial charge on any atom is 0.271 e. The van der Waals surface area contributed by atoms with Gasteiger partial charge in [0.1, 0.15) is 28.5 Å². The topological polar surface area (TPSA) is 101 Å². The van der Waals surface area contributed by atoms with Gasteiger partial charge in [-0.15, -0.1) is 11.3 Å². The monoisotopic (exact) mass is 441 g/mol. The maximum absolute atomic E-state index is 14.0. The highest BCUT2D eigenvalue weighted by Crippen LogP contribution is 2.29. The summed E-state index contributed by atoms with van der Waals surface area (Å²) in [7, 11) is 0. The van der Waals surface area contributed by atoms with Gasteiger partial charge < -0.3 is 15.8 Å². The third-order valence-corrected chi connectivity index (χ3v) is 6.23. The Morgan fingerprint density at radius 1 is 1.30 bits per heavy atom. The van der Waals surface area contributed by atoms with Crippen LogP contribution in [0.3, 0.4) is 0 Å². The lowest BCUT2D eigenvalue weighted by Gasteiger charge is -2.27. The number of amides is 1. The van der Waals surface area contributed by atoms with E-state index in [1.807, 2.05) is 0 Å². The molecule has 2 aliphatic heterocycles. The minimum absolute atomic E-state index is 0.0657. The molecule has 5 atom stereocenters. The predicted octanol–water partition coefficient (Wildman–Crippen LogP) is 1.51. The number of alkyl halides is 1. The van der Waals surface area contributed by atoms with Crippen LogP contribution in [0.1, 0.15) is 23.3 Å². The number of thiazole rings is 1. The molecule has 30 heavy (non-hydrogen) atoms. The molecule has 1 amide bonds. The van der Waals surface area contributed by atoms with Crippen LogP contribution in [0.5, 0.6) is 0 Å². The largest absolute Gasteiger partial charge is 0.373 e. The lowest BCUT2D eigenvalue weighted by molar-refractivity contribution is 0.00621. The van der Waals surface area contributed by atoms with E-state index in [0.717, 1.165) is 23.5 Å². The van der Waals surface area contributed by atoms with Crippen molar-refractivity contribution in [3.63, 3.8) is 0 Å². The summed E-state index contributed by atoms with van der Waals surface area (Å²) in [5, 5.41) is 4.41. The zero-order chi connectivity index (χ0) is 21.3. The van der Waals surface area contributed by atoms with Gasteiger partial charge in [-0.2, -0.15) is 0 Å². The molecule has 0 aliphatic carbocycles. The second kappa shape index (κ2) is 8.98. The van der Waals surface area contributed by atoms with Crippen LogP contribution in [-0.4, -0.2) is 54.4 Å². The Labute approximate surface area is 175 Å². The molecule has 1 aromatic carbocycles. The normalized spacial score (nSPS) is 29.5. The van der Waals surface area contributed by atoms with E-state index in [1.165, 1.54) is 11.4 Å². The summed E-state index contributed by atoms with van der Waals surface area (Å²) in [5.41, 5.74) is 11.6. The van der Waals surface area contributed by atoms with Gasteiger partial charge in [0.2, 0.25) is 0 Å². The van der Waals surface area contributed by atoms with Crippen LogP contribution in [0.2, 0.25) is 0 Å². The van der Waals surface area contributed by atoms with Crippen LogP contribution in [0, 0.1) is 11.6 Å². The number of rotatable bonds is 4. The maximum atomic E-state index is 14.0. The number of nitrogens with zero attached hydrogens (tertiary/aromatic N) is 1. The van der Waals surface area contributed by atoms with Crippen LogP contribution in [-0.2, 0) is 4.74 Å². The highest BCUT2D eigenvalue weighted by molar-refractivity contribution is 7.13. The summed E-state index contributed by atoms with van der Waals surface area (Å²) < 4.78 is 47.4. The van der Waals surface area contributed by atoms with Gasteiger partial charge in [0.15, 0.2) is 0 Å². The van der Waals surface area contributed by atoms with Gasteiger partial charge in [-0.25, -0.2) is 23.6 Å². The zero-order valence-corrected chi connectivity index (χ0v) is 16.7. The Morgan fingerprint density at radius 3 is 2.83 bits per heavy atom. The van der Waals surface area contributed by atoms with Crippen LogP contribution < -0.4 is 21.9 Å². The molecule has 0 spiro atoms. The number of hydrogen-bond donors (Lipinski definition) is 4. The number of benzene rings is 1. The molecule has 5 N–H and O–H groups in total. The van der Waals surface area contributed by atoms with E-state index in [1.54, 1.807) is 0 Å². The standard InChI is InChI=1S/C19H22F3N5O2S/c20-9-2-1-3-10(21)16(9)19-26-14(8-30-19)18(28)25-13-6-24-27-17(13)15-5-4-12(23)11(22)7-29-15/h1-3,8,11-13,15,17,24,27H,4-7,23H2,(H,25,28)/t11-,12-,13?,15+,17?/m1/s1. The van der Waals surface area contributed by atoms with E-state index >= 15 is 0 Å². The first-order chi connectivity index (χ1) is 14.4. The number of nitrogens with two attached hydrogens (primary N) is 1. The fourth-order valence-corrected chi connectivity index (χ4v) is 4.53. The molecule has 2 aliphatic rings. The fraction of sp³-hybridized carbons (Fsp3) is 0.474. The highest BCUT2D eigenvalue weighted by Gasteiger charge is 2.38. The van der Waals surface area contributed by atoms with E-state index in [9.17, 15) is 18.0 Å². The summed E-state index contributed by atoms with van der Waals surface area (Å²) in [6, 6.07) is 2.35. The van der Waals surface area contributed by atoms with Gasteiger partial charge in [-0.1, -0.05) is 6.07 Å². The molecule has 7 nitrogen and oxygen atoms in total. The molecular weight excluding hydrogens is 419 g/mol. The molecule has 0 bridgehead atoms. The summed E-state index contributed by atoms with van der Waals surface area (Å²) in [4.78, 5) is 16.8. The average molecular weight is 441 g/mol. The van der Waals surface area contributed by atoms with Crippen molar-refractivity contribution in [3.05, 3.63) is 40.9 Å². The lowest BCUT2D eigenvalue weighted by atomic mass is 9.98. The smallest absolute Gasteiger partial charge is 0.271 e. The van der Waals surface area contributed by atoms with Crippen molar-refractivity contribution in [2.24, 2.45) is 5.73 Å². The van der Waals surface area contributed by atoms with Gasteiger partial charge in [0, 0.05) is 18.0 Å². The third kappa shape index (κ3) is 4.35. The predicted molar refractivity (Wildman–Crippen MR) is 105 cm³/mol. The minimum atomic E-state index is -1.22. The van der Waals surface area contributed by atoms with E-state index in [2.05, 4.69) is 21.2 Å². The molecule has 0 radical (unpaired) electrons. The molecule has 162 valence electrons. The van der Waals surface area contributed by atoms with Crippen molar-refractivity contribution in [2.45, 2.75) is 43.2 Å². The zero-order valence-electron chi connectivity index (χ0n) is 15.9. The van der Waals surface area contributed by atoms with E-state index in [4.69, 9.17) is 10.5 Å². The second-order valence-corrected chi connectivity index (χ2v) is 8.25. The first kappa shape index (κ1) is 21.2. The molecule has 2 unspecified atom stereocenters. The third-order valence-electron chi connectivity index (χ3n) is 5.37. The van der Waals surface area contributed by atoms with E-state index < -0.39 is 29.8 Å². The van der Waals surface area contributed by atoms with Crippen molar-refractivity contribution in [1.29, 1.82) is 0 Å². The van der Waals surface area contributed by atoms with Crippen LogP contribution >= 0.6 is 11.3 Å². The summed E-state index contributed by atoms with van der Waals surface area (Å²) in [6.07, 6.45) is -0.505. The number of hydrazine groups is 1. The molecule has 0 saturated carbocycles. The van der Waals surface area contributed by atoms with Gasteiger partial charge in [0.25, 0.3) is 5.91 Å². The Morgan fingerprint density at radius 2 is 2.07 bits per heavy atom. The number of nitrogens with one attached hydrogen (secondary N) is 3.